The molecule has 2 aliphatic rings. The molecule has 0 aromatic heterocycles. The van der Waals surface area contributed by atoms with Crippen LogP contribution in [0.4, 0.5) is 0 Å². The number of rotatable bonds is 2. The van der Waals surface area contributed by atoms with Gasteiger partial charge in [0.15, 0.2) is 0 Å². The summed E-state index contributed by atoms with van der Waals surface area (Å²) in [5.74, 6) is 0.588. The number of nitrogens with zero attached hydrogens (tertiary/aromatic N) is 2. The van der Waals surface area contributed by atoms with Crippen LogP contribution in [0.1, 0.15) is 33.6 Å². The Labute approximate surface area is 111 Å². The van der Waals surface area contributed by atoms with E-state index in [0.717, 1.165) is 45.6 Å². The summed E-state index contributed by atoms with van der Waals surface area (Å²) in [6.07, 6.45) is 2.18. The molecule has 0 aromatic rings. The number of piperidine rings is 1. The first-order chi connectivity index (χ1) is 8.58. The monoisotopic (exact) mass is 253 g/mol. The van der Waals surface area contributed by atoms with Gasteiger partial charge in [0.25, 0.3) is 0 Å². The molecule has 2 rings (SSSR count). The third-order valence-electron chi connectivity index (χ3n) is 4.37. The highest BCUT2D eigenvalue weighted by molar-refractivity contribution is 5.79. The lowest BCUT2D eigenvalue weighted by molar-refractivity contribution is -0.138. The average Bonchev–Trinajstić information content (AvgIpc) is 2.39. The SMILES string of the molecule is CC1CCC(C(=O)N2CCN(C(C)C)CC2)CN1. The molecule has 1 amide bonds. The third-order valence-corrected chi connectivity index (χ3v) is 4.37. The molecule has 18 heavy (non-hydrogen) atoms. The molecule has 4 nitrogen and oxygen atoms in total. The van der Waals surface area contributed by atoms with E-state index >= 15 is 0 Å². The normalized spacial score (nSPS) is 30.8. The zero-order chi connectivity index (χ0) is 13.1. The summed E-state index contributed by atoms with van der Waals surface area (Å²) >= 11 is 0. The van der Waals surface area contributed by atoms with Crippen LogP contribution in [0.15, 0.2) is 0 Å². The Morgan fingerprint density at radius 2 is 1.83 bits per heavy atom. The molecule has 2 saturated heterocycles. The lowest BCUT2D eigenvalue weighted by Gasteiger charge is -2.39. The number of nitrogens with one attached hydrogen (secondary N) is 1. The van der Waals surface area contributed by atoms with Gasteiger partial charge < -0.3 is 10.2 Å². The fourth-order valence-electron chi connectivity index (χ4n) is 2.93. The summed E-state index contributed by atoms with van der Waals surface area (Å²) in [6, 6.07) is 1.17. The molecule has 1 N–H and O–H groups in total. The highest BCUT2D eigenvalue weighted by atomic mass is 16.2. The molecule has 4 heteroatoms. The summed E-state index contributed by atoms with van der Waals surface area (Å²) in [5, 5.41) is 3.42. The van der Waals surface area contributed by atoms with E-state index in [9.17, 15) is 4.79 Å². The second kappa shape index (κ2) is 6.02. The predicted octanol–water partition coefficient (Wildman–Crippen LogP) is 0.927. The van der Waals surface area contributed by atoms with Gasteiger partial charge >= 0.3 is 0 Å². The maximum absolute atomic E-state index is 12.4. The highest BCUT2D eigenvalue weighted by Gasteiger charge is 2.30. The first-order valence-corrected chi connectivity index (χ1v) is 7.34. The van der Waals surface area contributed by atoms with Crippen LogP contribution in [0.2, 0.25) is 0 Å². The van der Waals surface area contributed by atoms with Gasteiger partial charge in [-0.05, 0) is 33.6 Å². The van der Waals surface area contributed by atoms with Crippen molar-refractivity contribution < 1.29 is 4.79 Å². The van der Waals surface area contributed by atoms with E-state index in [0.29, 0.717) is 18.0 Å². The number of amides is 1. The maximum Gasteiger partial charge on any atom is 0.227 e. The molecule has 0 aromatic carbocycles. The Hall–Kier alpha value is -0.610. The predicted molar refractivity (Wildman–Crippen MR) is 73.5 cm³/mol. The molecule has 2 atom stereocenters. The van der Waals surface area contributed by atoms with E-state index in [2.05, 4.69) is 35.9 Å². The van der Waals surface area contributed by atoms with Crippen molar-refractivity contribution in [3.8, 4) is 0 Å². The van der Waals surface area contributed by atoms with Crippen LogP contribution >= 0.6 is 0 Å². The quantitative estimate of drug-likeness (QED) is 0.795. The number of hydrogen-bond acceptors (Lipinski definition) is 3. The molecule has 2 fully saturated rings. The van der Waals surface area contributed by atoms with Crippen LogP contribution in [0.5, 0.6) is 0 Å². The summed E-state index contributed by atoms with van der Waals surface area (Å²) in [5.41, 5.74) is 0. The smallest absolute Gasteiger partial charge is 0.227 e. The van der Waals surface area contributed by atoms with Crippen molar-refractivity contribution in [3.05, 3.63) is 0 Å². The average molecular weight is 253 g/mol. The Morgan fingerprint density at radius 1 is 1.17 bits per heavy atom. The number of piperazine rings is 1. The van der Waals surface area contributed by atoms with Gasteiger partial charge in [-0.1, -0.05) is 0 Å². The highest BCUT2D eigenvalue weighted by Crippen LogP contribution is 2.18. The van der Waals surface area contributed by atoms with Crippen molar-refractivity contribution in [2.24, 2.45) is 5.92 Å². The van der Waals surface area contributed by atoms with Crippen molar-refractivity contribution in [1.29, 1.82) is 0 Å². The molecule has 0 bridgehead atoms. The van der Waals surface area contributed by atoms with Gasteiger partial charge in [0.05, 0.1) is 5.92 Å². The van der Waals surface area contributed by atoms with Gasteiger partial charge in [0.1, 0.15) is 0 Å². The lowest BCUT2D eigenvalue weighted by Crippen LogP contribution is -2.54. The Bertz CT molecular complexity index is 277. The summed E-state index contributed by atoms with van der Waals surface area (Å²) < 4.78 is 0. The third kappa shape index (κ3) is 3.23. The molecule has 2 aliphatic heterocycles. The molecule has 2 unspecified atom stereocenters. The lowest BCUT2D eigenvalue weighted by atomic mass is 9.94. The number of carbonyl (C=O) groups is 1. The van der Waals surface area contributed by atoms with Crippen LogP contribution in [0, 0.1) is 5.92 Å². The van der Waals surface area contributed by atoms with Gasteiger partial charge in [-0.3, -0.25) is 9.69 Å². The molecular formula is C14H27N3O. The molecule has 104 valence electrons. The molecule has 0 spiro atoms. The van der Waals surface area contributed by atoms with Crippen molar-refractivity contribution in [2.45, 2.75) is 45.7 Å². The van der Waals surface area contributed by atoms with Gasteiger partial charge in [-0.25, -0.2) is 0 Å². The van der Waals surface area contributed by atoms with E-state index in [-0.39, 0.29) is 5.92 Å². The van der Waals surface area contributed by atoms with E-state index in [1.165, 1.54) is 0 Å². The summed E-state index contributed by atoms with van der Waals surface area (Å²) in [4.78, 5) is 16.9. The van der Waals surface area contributed by atoms with Gasteiger partial charge in [-0.2, -0.15) is 0 Å². The first-order valence-electron chi connectivity index (χ1n) is 7.34. The topological polar surface area (TPSA) is 35.6 Å². The largest absolute Gasteiger partial charge is 0.340 e. The van der Waals surface area contributed by atoms with Crippen LogP contribution in [-0.4, -0.2) is 60.5 Å². The fourth-order valence-corrected chi connectivity index (χ4v) is 2.93. The molecule has 0 radical (unpaired) electrons. The van der Waals surface area contributed by atoms with E-state index in [1.54, 1.807) is 0 Å². The van der Waals surface area contributed by atoms with Gasteiger partial charge in [0, 0.05) is 44.8 Å². The number of hydrogen-bond donors (Lipinski definition) is 1. The van der Waals surface area contributed by atoms with Crippen LogP contribution in [0.25, 0.3) is 0 Å². The summed E-state index contributed by atoms with van der Waals surface area (Å²) in [7, 11) is 0. The van der Waals surface area contributed by atoms with Crippen molar-refractivity contribution >= 4 is 5.91 Å². The minimum Gasteiger partial charge on any atom is -0.340 e. The first kappa shape index (κ1) is 13.8. The zero-order valence-corrected chi connectivity index (χ0v) is 12.0. The molecule has 0 saturated carbocycles. The molecule has 0 aliphatic carbocycles. The van der Waals surface area contributed by atoms with E-state index in [4.69, 9.17) is 0 Å². The van der Waals surface area contributed by atoms with E-state index in [1.807, 2.05) is 0 Å². The second-order valence-corrected chi connectivity index (χ2v) is 6.04. The maximum atomic E-state index is 12.4. The van der Waals surface area contributed by atoms with Crippen molar-refractivity contribution in [1.82, 2.24) is 15.1 Å². The second-order valence-electron chi connectivity index (χ2n) is 6.04. The minimum atomic E-state index is 0.215. The van der Waals surface area contributed by atoms with Crippen LogP contribution in [0.3, 0.4) is 0 Å². The Kier molecular flexibility index (Phi) is 4.62. The van der Waals surface area contributed by atoms with Crippen LogP contribution < -0.4 is 5.32 Å². The van der Waals surface area contributed by atoms with Crippen molar-refractivity contribution in [2.75, 3.05) is 32.7 Å². The fraction of sp³-hybridized carbons (Fsp3) is 0.929. The standard InChI is InChI=1S/C14H27N3O/c1-11(2)16-6-8-17(9-7-16)14(18)13-5-4-12(3)15-10-13/h11-13,15H,4-10H2,1-3H3. The minimum absolute atomic E-state index is 0.215. The van der Waals surface area contributed by atoms with E-state index < -0.39 is 0 Å². The van der Waals surface area contributed by atoms with Crippen molar-refractivity contribution in [3.63, 3.8) is 0 Å². The summed E-state index contributed by atoms with van der Waals surface area (Å²) in [6.45, 7) is 11.4. The molecular weight excluding hydrogens is 226 g/mol. The van der Waals surface area contributed by atoms with Gasteiger partial charge in [0.2, 0.25) is 5.91 Å². The molecule has 2 heterocycles. The Morgan fingerprint density at radius 3 is 2.33 bits per heavy atom. The Balaban J connectivity index is 1.80. The van der Waals surface area contributed by atoms with Crippen LogP contribution in [-0.2, 0) is 4.79 Å². The van der Waals surface area contributed by atoms with Gasteiger partial charge in [-0.15, -0.1) is 0 Å². The zero-order valence-electron chi connectivity index (χ0n) is 12.0. The number of carbonyl (C=O) groups excluding carboxylic acids is 1.